The third-order valence-electron chi connectivity index (χ3n) is 4.50. The van der Waals surface area contributed by atoms with Gasteiger partial charge in [0.1, 0.15) is 0 Å². The van der Waals surface area contributed by atoms with E-state index in [9.17, 15) is 8.42 Å². The average Bonchev–Trinajstić information content (AvgIpc) is 2.67. The van der Waals surface area contributed by atoms with Crippen LogP contribution in [0.15, 0.2) is 0 Å². The maximum absolute atomic E-state index is 11.5. The number of hydrogen-bond donors (Lipinski definition) is 1. The van der Waals surface area contributed by atoms with Crippen molar-refractivity contribution in [2.24, 2.45) is 11.8 Å². The van der Waals surface area contributed by atoms with Gasteiger partial charge in [-0.25, -0.2) is 8.42 Å². The molecule has 4 heteroatoms. The highest BCUT2D eigenvalue weighted by Crippen LogP contribution is 2.31. The molecule has 0 spiro atoms. The van der Waals surface area contributed by atoms with Gasteiger partial charge < -0.3 is 5.32 Å². The molecule has 0 amide bonds. The molecule has 17 heavy (non-hydrogen) atoms. The number of rotatable bonds is 4. The molecule has 2 unspecified atom stereocenters. The van der Waals surface area contributed by atoms with Crippen molar-refractivity contribution in [3.05, 3.63) is 0 Å². The van der Waals surface area contributed by atoms with Crippen LogP contribution in [0.4, 0.5) is 0 Å². The lowest BCUT2D eigenvalue weighted by molar-refractivity contribution is 0.248. The van der Waals surface area contributed by atoms with Crippen molar-refractivity contribution in [1.29, 1.82) is 0 Å². The summed E-state index contributed by atoms with van der Waals surface area (Å²) in [6.45, 7) is 0. The Morgan fingerprint density at radius 2 is 1.88 bits per heavy atom. The van der Waals surface area contributed by atoms with Crippen molar-refractivity contribution in [1.82, 2.24) is 5.32 Å². The smallest absolute Gasteiger partial charge is 0.150 e. The van der Waals surface area contributed by atoms with Crippen LogP contribution < -0.4 is 5.32 Å². The van der Waals surface area contributed by atoms with Gasteiger partial charge in [-0.3, -0.25) is 0 Å². The van der Waals surface area contributed by atoms with Gasteiger partial charge in [0.15, 0.2) is 9.84 Å². The highest BCUT2D eigenvalue weighted by atomic mass is 32.2. The van der Waals surface area contributed by atoms with Gasteiger partial charge in [0.2, 0.25) is 0 Å². The monoisotopic (exact) mass is 259 g/mol. The first-order valence-electron chi connectivity index (χ1n) is 6.98. The highest BCUT2D eigenvalue weighted by Gasteiger charge is 2.32. The summed E-state index contributed by atoms with van der Waals surface area (Å²) in [6, 6.07) is 0.536. The maximum Gasteiger partial charge on any atom is 0.150 e. The van der Waals surface area contributed by atoms with Gasteiger partial charge in [0.25, 0.3) is 0 Å². The fourth-order valence-corrected chi connectivity index (χ4v) is 5.38. The van der Waals surface area contributed by atoms with Crippen LogP contribution in [-0.4, -0.2) is 33.0 Å². The van der Waals surface area contributed by atoms with Crippen LogP contribution in [0.1, 0.15) is 44.9 Å². The largest absolute Gasteiger partial charge is 0.317 e. The third kappa shape index (κ3) is 3.68. The molecule has 1 heterocycles. The Morgan fingerprint density at radius 1 is 1.18 bits per heavy atom. The van der Waals surface area contributed by atoms with E-state index in [2.05, 4.69) is 5.32 Å². The predicted octanol–water partition coefficient (Wildman–Crippen LogP) is 1.98. The second kappa shape index (κ2) is 5.70. The zero-order valence-corrected chi connectivity index (χ0v) is 11.6. The Bertz CT molecular complexity index is 333. The minimum atomic E-state index is -2.71. The van der Waals surface area contributed by atoms with Crippen LogP contribution in [0.25, 0.3) is 0 Å². The zero-order valence-electron chi connectivity index (χ0n) is 10.8. The van der Waals surface area contributed by atoms with Gasteiger partial charge in [-0.1, -0.05) is 19.3 Å². The molecule has 0 aromatic carbocycles. The fourth-order valence-electron chi connectivity index (χ4n) is 3.50. The summed E-state index contributed by atoms with van der Waals surface area (Å²) in [5, 5.41) is 3.43. The Morgan fingerprint density at radius 3 is 2.41 bits per heavy atom. The standard InChI is InChI=1S/C13H25NO2S/c1-14-13(12-5-3-2-4-6-12)9-11-7-8-17(15,16)10-11/h11-14H,2-10H2,1H3. The Balaban J connectivity index is 1.87. The van der Waals surface area contributed by atoms with Crippen LogP contribution >= 0.6 is 0 Å². The van der Waals surface area contributed by atoms with Crippen molar-refractivity contribution in [2.45, 2.75) is 51.0 Å². The first kappa shape index (κ1) is 13.3. The summed E-state index contributed by atoms with van der Waals surface area (Å²) < 4.78 is 22.9. The number of nitrogens with one attached hydrogen (secondary N) is 1. The lowest BCUT2D eigenvalue weighted by Gasteiger charge is -2.31. The summed E-state index contributed by atoms with van der Waals surface area (Å²) in [5.41, 5.74) is 0. The molecule has 1 aliphatic carbocycles. The molecule has 100 valence electrons. The van der Waals surface area contributed by atoms with Crippen molar-refractivity contribution >= 4 is 9.84 Å². The molecule has 1 saturated carbocycles. The van der Waals surface area contributed by atoms with Gasteiger partial charge in [0.05, 0.1) is 11.5 Å². The molecular formula is C13H25NO2S. The SMILES string of the molecule is CNC(CC1CCS(=O)(=O)C1)C1CCCCC1. The Labute approximate surface area is 105 Å². The molecule has 0 bridgehead atoms. The molecule has 3 nitrogen and oxygen atoms in total. The van der Waals surface area contributed by atoms with Crippen LogP contribution in [0, 0.1) is 11.8 Å². The second-order valence-electron chi connectivity index (χ2n) is 5.80. The van der Waals surface area contributed by atoms with Crippen LogP contribution in [-0.2, 0) is 9.84 Å². The first-order valence-corrected chi connectivity index (χ1v) is 8.80. The summed E-state index contributed by atoms with van der Waals surface area (Å²) in [5.74, 6) is 2.02. The molecule has 1 saturated heterocycles. The summed E-state index contributed by atoms with van der Waals surface area (Å²) in [6.07, 6.45) is 8.67. The van der Waals surface area contributed by atoms with Gasteiger partial charge in [-0.2, -0.15) is 0 Å². The highest BCUT2D eigenvalue weighted by molar-refractivity contribution is 7.91. The molecule has 2 atom stereocenters. The van der Waals surface area contributed by atoms with E-state index in [0.717, 1.165) is 18.8 Å². The minimum Gasteiger partial charge on any atom is -0.317 e. The minimum absolute atomic E-state index is 0.402. The summed E-state index contributed by atoms with van der Waals surface area (Å²) in [4.78, 5) is 0. The fraction of sp³-hybridized carbons (Fsp3) is 1.00. The van der Waals surface area contributed by atoms with Gasteiger partial charge in [0, 0.05) is 6.04 Å². The van der Waals surface area contributed by atoms with Crippen LogP contribution in [0.2, 0.25) is 0 Å². The molecule has 2 rings (SSSR count). The maximum atomic E-state index is 11.5. The van der Waals surface area contributed by atoms with Crippen molar-refractivity contribution < 1.29 is 8.42 Å². The van der Waals surface area contributed by atoms with Gasteiger partial charge >= 0.3 is 0 Å². The van der Waals surface area contributed by atoms with E-state index in [1.54, 1.807) is 0 Å². The van der Waals surface area contributed by atoms with E-state index >= 15 is 0 Å². The Kier molecular flexibility index (Phi) is 4.47. The molecule has 1 N–H and O–H groups in total. The quantitative estimate of drug-likeness (QED) is 0.839. The van der Waals surface area contributed by atoms with Crippen LogP contribution in [0.5, 0.6) is 0 Å². The molecular weight excluding hydrogens is 234 g/mol. The molecule has 1 aliphatic heterocycles. The number of hydrogen-bond acceptors (Lipinski definition) is 3. The van der Waals surface area contributed by atoms with E-state index in [-0.39, 0.29) is 0 Å². The number of sulfone groups is 1. The van der Waals surface area contributed by atoms with E-state index < -0.39 is 9.84 Å². The normalized spacial score (nSPS) is 31.5. The predicted molar refractivity (Wildman–Crippen MR) is 70.8 cm³/mol. The van der Waals surface area contributed by atoms with Crippen molar-refractivity contribution in [3.63, 3.8) is 0 Å². The molecule has 2 aliphatic rings. The summed E-state index contributed by atoms with van der Waals surface area (Å²) in [7, 11) is -0.677. The summed E-state index contributed by atoms with van der Waals surface area (Å²) >= 11 is 0. The second-order valence-corrected chi connectivity index (χ2v) is 8.03. The average molecular weight is 259 g/mol. The lowest BCUT2D eigenvalue weighted by atomic mass is 9.80. The van der Waals surface area contributed by atoms with Crippen molar-refractivity contribution in [3.8, 4) is 0 Å². The van der Waals surface area contributed by atoms with E-state index in [0.29, 0.717) is 23.5 Å². The van der Waals surface area contributed by atoms with E-state index in [4.69, 9.17) is 0 Å². The lowest BCUT2D eigenvalue weighted by Crippen LogP contribution is -2.36. The molecule has 2 fully saturated rings. The van der Waals surface area contributed by atoms with Crippen LogP contribution in [0.3, 0.4) is 0 Å². The Hall–Kier alpha value is -0.0900. The zero-order chi connectivity index (χ0) is 12.3. The van der Waals surface area contributed by atoms with Gasteiger partial charge in [-0.05, 0) is 44.6 Å². The van der Waals surface area contributed by atoms with E-state index in [1.165, 1.54) is 32.1 Å². The molecule has 0 aromatic rings. The molecule has 0 radical (unpaired) electrons. The van der Waals surface area contributed by atoms with E-state index in [1.807, 2.05) is 7.05 Å². The molecule has 0 aromatic heterocycles. The van der Waals surface area contributed by atoms with Crippen molar-refractivity contribution in [2.75, 3.05) is 18.6 Å². The topological polar surface area (TPSA) is 46.2 Å². The van der Waals surface area contributed by atoms with Gasteiger partial charge in [-0.15, -0.1) is 0 Å². The third-order valence-corrected chi connectivity index (χ3v) is 6.34. The first-order chi connectivity index (χ1) is 8.11.